The predicted molar refractivity (Wildman–Crippen MR) is 118 cm³/mol. The standard InChI is InChI=1S/C25H34O6/c1-23(2,3)30-21(27)19-17(14-13-16-11-9-8-10-12-16)20(22(28)31-24(4,5)6)25(7,29)15-18(19)26/h8-14,17,19-20,29H,15H2,1-7H3/b14-13+/t17-,19+,20-,25+/m1/s1. The molecule has 1 fully saturated rings. The maximum absolute atomic E-state index is 13.1. The molecule has 170 valence electrons. The molecule has 2 rings (SSSR count). The highest BCUT2D eigenvalue weighted by atomic mass is 16.6. The van der Waals surface area contributed by atoms with E-state index < -0.39 is 52.3 Å². The van der Waals surface area contributed by atoms with E-state index in [2.05, 4.69) is 0 Å². The van der Waals surface area contributed by atoms with Crippen molar-refractivity contribution in [2.75, 3.05) is 0 Å². The molecule has 0 spiro atoms. The first-order valence-corrected chi connectivity index (χ1v) is 10.5. The number of carbonyl (C=O) groups is 3. The lowest BCUT2D eigenvalue weighted by Crippen LogP contribution is -2.57. The van der Waals surface area contributed by atoms with Crippen LogP contribution in [0.15, 0.2) is 36.4 Å². The summed E-state index contributed by atoms with van der Waals surface area (Å²) in [6.45, 7) is 11.8. The molecule has 0 aliphatic heterocycles. The van der Waals surface area contributed by atoms with Gasteiger partial charge in [0.2, 0.25) is 0 Å². The van der Waals surface area contributed by atoms with E-state index in [-0.39, 0.29) is 6.42 Å². The van der Waals surface area contributed by atoms with Crippen LogP contribution in [0.25, 0.3) is 6.08 Å². The number of aliphatic hydroxyl groups is 1. The average molecular weight is 431 g/mol. The number of rotatable bonds is 4. The van der Waals surface area contributed by atoms with Crippen LogP contribution in [0.4, 0.5) is 0 Å². The fourth-order valence-corrected chi connectivity index (χ4v) is 3.83. The summed E-state index contributed by atoms with van der Waals surface area (Å²) in [5.41, 5.74) is -2.41. The van der Waals surface area contributed by atoms with E-state index >= 15 is 0 Å². The summed E-state index contributed by atoms with van der Waals surface area (Å²) >= 11 is 0. The van der Waals surface area contributed by atoms with Crippen molar-refractivity contribution in [3.05, 3.63) is 42.0 Å². The third-order valence-corrected chi connectivity index (χ3v) is 4.95. The van der Waals surface area contributed by atoms with Gasteiger partial charge in [0.25, 0.3) is 0 Å². The molecule has 0 unspecified atom stereocenters. The molecule has 0 radical (unpaired) electrons. The van der Waals surface area contributed by atoms with Gasteiger partial charge in [0, 0.05) is 12.3 Å². The number of ether oxygens (including phenoxy) is 2. The average Bonchev–Trinajstić information content (AvgIpc) is 2.56. The molecular formula is C25H34O6. The smallest absolute Gasteiger partial charge is 0.317 e. The summed E-state index contributed by atoms with van der Waals surface area (Å²) in [5.74, 6) is -5.05. The maximum atomic E-state index is 13.1. The number of carbonyl (C=O) groups excluding carboxylic acids is 3. The quantitative estimate of drug-likeness (QED) is 0.575. The van der Waals surface area contributed by atoms with Gasteiger partial charge in [0.15, 0.2) is 5.78 Å². The normalized spacial score (nSPS) is 27.2. The number of hydrogen-bond donors (Lipinski definition) is 1. The van der Waals surface area contributed by atoms with Gasteiger partial charge in [-0.15, -0.1) is 0 Å². The summed E-state index contributed by atoms with van der Waals surface area (Å²) < 4.78 is 11.1. The summed E-state index contributed by atoms with van der Waals surface area (Å²) in [4.78, 5) is 39.1. The van der Waals surface area contributed by atoms with Crippen LogP contribution in [-0.2, 0) is 23.9 Å². The lowest BCUT2D eigenvalue weighted by molar-refractivity contribution is -0.184. The molecule has 1 aromatic carbocycles. The van der Waals surface area contributed by atoms with Crippen LogP contribution in [0, 0.1) is 17.8 Å². The third kappa shape index (κ3) is 6.76. The first-order valence-electron chi connectivity index (χ1n) is 10.5. The highest BCUT2D eigenvalue weighted by Crippen LogP contribution is 2.43. The highest BCUT2D eigenvalue weighted by molar-refractivity contribution is 6.02. The fraction of sp³-hybridized carbons (Fsp3) is 0.560. The van der Waals surface area contributed by atoms with Gasteiger partial charge in [0.05, 0.1) is 11.5 Å². The van der Waals surface area contributed by atoms with Crippen molar-refractivity contribution in [1.29, 1.82) is 0 Å². The molecule has 0 aromatic heterocycles. The molecule has 1 aromatic rings. The largest absolute Gasteiger partial charge is 0.460 e. The highest BCUT2D eigenvalue weighted by Gasteiger charge is 2.56. The van der Waals surface area contributed by atoms with Crippen LogP contribution in [0.3, 0.4) is 0 Å². The lowest BCUT2D eigenvalue weighted by atomic mass is 9.63. The van der Waals surface area contributed by atoms with Crippen LogP contribution in [0.2, 0.25) is 0 Å². The minimum absolute atomic E-state index is 0.337. The van der Waals surface area contributed by atoms with Crippen LogP contribution in [-0.4, -0.2) is 39.6 Å². The number of ketones is 1. The lowest BCUT2D eigenvalue weighted by Gasteiger charge is -2.43. The third-order valence-electron chi connectivity index (χ3n) is 4.95. The Morgan fingerprint density at radius 3 is 2.03 bits per heavy atom. The maximum Gasteiger partial charge on any atom is 0.317 e. The van der Waals surface area contributed by atoms with Gasteiger partial charge < -0.3 is 14.6 Å². The van der Waals surface area contributed by atoms with Gasteiger partial charge >= 0.3 is 11.9 Å². The van der Waals surface area contributed by atoms with E-state index in [1.807, 2.05) is 30.3 Å². The Bertz CT molecular complexity index is 839. The Morgan fingerprint density at radius 1 is 1.00 bits per heavy atom. The molecule has 1 aliphatic carbocycles. The van der Waals surface area contributed by atoms with Gasteiger partial charge in [-0.25, -0.2) is 0 Å². The van der Waals surface area contributed by atoms with Crippen LogP contribution < -0.4 is 0 Å². The molecule has 6 nitrogen and oxygen atoms in total. The molecule has 0 heterocycles. The zero-order valence-electron chi connectivity index (χ0n) is 19.5. The van der Waals surface area contributed by atoms with E-state index in [4.69, 9.17) is 9.47 Å². The summed E-state index contributed by atoms with van der Waals surface area (Å²) in [5, 5.41) is 11.1. The molecule has 0 amide bonds. The Hall–Kier alpha value is -2.47. The van der Waals surface area contributed by atoms with E-state index in [0.29, 0.717) is 0 Å². The van der Waals surface area contributed by atoms with E-state index in [1.54, 1.807) is 53.7 Å². The van der Waals surface area contributed by atoms with Crippen LogP contribution in [0.5, 0.6) is 0 Å². The Labute approximate surface area is 184 Å². The molecular weight excluding hydrogens is 396 g/mol. The molecule has 4 atom stereocenters. The number of Topliss-reactive ketones (excluding diaryl/α,β-unsaturated/α-hetero) is 1. The number of allylic oxidation sites excluding steroid dienone is 1. The molecule has 0 bridgehead atoms. The van der Waals surface area contributed by atoms with E-state index in [9.17, 15) is 19.5 Å². The number of esters is 2. The summed E-state index contributed by atoms with van der Waals surface area (Å²) in [6, 6.07) is 9.32. The van der Waals surface area contributed by atoms with E-state index in [0.717, 1.165) is 5.56 Å². The monoisotopic (exact) mass is 430 g/mol. The molecule has 1 saturated carbocycles. The molecule has 0 saturated heterocycles. The van der Waals surface area contributed by atoms with Crippen molar-refractivity contribution in [2.24, 2.45) is 17.8 Å². The predicted octanol–water partition coefficient (Wildman–Crippen LogP) is 3.96. The van der Waals surface area contributed by atoms with Gasteiger partial charge in [-0.2, -0.15) is 0 Å². The fourth-order valence-electron chi connectivity index (χ4n) is 3.83. The zero-order valence-corrected chi connectivity index (χ0v) is 19.5. The van der Waals surface area contributed by atoms with Crippen LogP contribution >= 0.6 is 0 Å². The Kier molecular flexibility index (Phi) is 7.16. The van der Waals surface area contributed by atoms with Crippen molar-refractivity contribution < 1.29 is 29.0 Å². The molecule has 1 aliphatic rings. The molecule has 31 heavy (non-hydrogen) atoms. The first-order chi connectivity index (χ1) is 14.1. The number of hydrogen-bond acceptors (Lipinski definition) is 6. The van der Waals surface area contributed by atoms with Crippen molar-refractivity contribution in [1.82, 2.24) is 0 Å². The molecule has 6 heteroatoms. The SMILES string of the molecule is CC(C)(C)OC(=O)[C@@H]1C(=O)C[C@](C)(O)[C@@H](C(=O)OC(C)(C)C)[C@@H]1/C=C/c1ccccc1. The second kappa shape index (κ2) is 8.95. The number of benzene rings is 1. The van der Waals surface area contributed by atoms with E-state index in [1.165, 1.54) is 6.92 Å². The second-order valence-electron chi connectivity index (χ2n) is 10.4. The topological polar surface area (TPSA) is 89.9 Å². The van der Waals surface area contributed by atoms with Crippen molar-refractivity contribution in [3.8, 4) is 0 Å². The van der Waals surface area contributed by atoms with Gasteiger partial charge in [0.1, 0.15) is 17.1 Å². The zero-order chi connectivity index (χ0) is 23.6. The van der Waals surface area contributed by atoms with Gasteiger partial charge in [-0.05, 0) is 54.0 Å². The van der Waals surface area contributed by atoms with Crippen molar-refractivity contribution in [2.45, 2.75) is 71.7 Å². The van der Waals surface area contributed by atoms with Crippen LogP contribution in [0.1, 0.15) is 60.5 Å². The Balaban J connectivity index is 2.54. The van der Waals surface area contributed by atoms with Gasteiger partial charge in [-0.3, -0.25) is 14.4 Å². The molecule has 1 N–H and O–H groups in total. The van der Waals surface area contributed by atoms with Crippen molar-refractivity contribution in [3.63, 3.8) is 0 Å². The summed E-state index contributed by atoms with van der Waals surface area (Å²) in [7, 11) is 0. The van der Waals surface area contributed by atoms with Crippen molar-refractivity contribution >= 4 is 23.8 Å². The second-order valence-corrected chi connectivity index (χ2v) is 10.4. The summed E-state index contributed by atoms with van der Waals surface area (Å²) in [6.07, 6.45) is 3.05. The first kappa shape index (κ1) is 24.8. The minimum atomic E-state index is -1.66. The minimum Gasteiger partial charge on any atom is -0.460 e. The Morgan fingerprint density at radius 2 is 1.52 bits per heavy atom. The van der Waals surface area contributed by atoms with Gasteiger partial charge in [-0.1, -0.05) is 42.5 Å².